The van der Waals surface area contributed by atoms with Gasteiger partial charge < -0.3 is 25.8 Å². The molecule has 4 amide bonds. The quantitative estimate of drug-likeness (QED) is 0.158. The van der Waals surface area contributed by atoms with E-state index in [1.807, 2.05) is 82.3 Å². The van der Waals surface area contributed by atoms with Crippen molar-refractivity contribution < 1.29 is 29.0 Å². The summed E-state index contributed by atoms with van der Waals surface area (Å²) in [7, 11) is 0. The van der Waals surface area contributed by atoms with Gasteiger partial charge in [0.15, 0.2) is 0 Å². The van der Waals surface area contributed by atoms with Crippen LogP contribution in [0.15, 0.2) is 54.6 Å². The van der Waals surface area contributed by atoms with Crippen LogP contribution in [0.4, 0.5) is 0 Å². The van der Waals surface area contributed by atoms with Gasteiger partial charge in [0.25, 0.3) is 5.91 Å². The van der Waals surface area contributed by atoms with E-state index in [4.69, 9.17) is 4.74 Å². The average molecular weight is 640 g/mol. The van der Waals surface area contributed by atoms with Gasteiger partial charge in [0.05, 0.1) is 18.8 Å². The van der Waals surface area contributed by atoms with E-state index in [1.165, 1.54) is 13.8 Å². The molecule has 5 N–H and O–H groups in total. The minimum Gasteiger partial charge on any atom is -0.493 e. The Morgan fingerprint density at radius 3 is 1.78 bits per heavy atom. The highest BCUT2D eigenvalue weighted by molar-refractivity contribution is 5.87. The van der Waals surface area contributed by atoms with Gasteiger partial charge in [-0.3, -0.25) is 24.6 Å². The molecule has 0 heterocycles. The molecule has 0 aliphatic heterocycles. The third-order valence-electron chi connectivity index (χ3n) is 7.26. The summed E-state index contributed by atoms with van der Waals surface area (Å²) in [4.78, 5) is 50.5. The number of hydrogen-bond donors (Lipinski definition) is 5. The van der Waals surface area contributed by atoms with Crippen molar-refractivity contribution in [3.63, 3.8) is 0 Å². The Hall–Kier alpha value is -3.96. The summed E-state index contributed by atoms with van der Waals surface area (Å²) in [5.74, 6) is -0.787. The Bertz CT molecular complexity index is 1250. The van der Waals surface area contributed by atoms with Crippen molar-refractivity contribution in [2.24, 2.45) is 17.8 Å². The van der Waals surface area contributed by atoms with Crippen molar-refractivity contribution in [3.8, 4) is 5.75 Å². The molecule has 0 radical (unpaired) electrons. The summed E-state index contributed by atoms with van der Waals surface area (Å²) < 4.78 is 5.81. The van der Waals surface area contributed by atoms with Gasteiger partial charge in [-0.2, -0.15) is 0 Å². The van der Waals surface area contributed by atoms with Gasteiger partial charge >= 0.3 is 0 Å². The van der Waals surface area contributed by atoms with Gasteiger partial charge in [0, 0.05) is 26.9 Å². The molecule has 2 aromatic carbocycles. The van der Waals surface area contributed by atoms with Crippen molar-refractivity contribution in [2.45, 2.75) is 92.6 Å². The lowest BCUT2D eigenvalue weighted by Gasteiger charge is -2.33. The van der Waals surface area contributed by atoms with Crippen LogP contribution in [-0.2, 0) is 32.1 Å². The maximum absolute atomic E-state index is 13.4. The predicted octanol–water partition coefficient (Wildman–Crippen LogP) is 2.96. The Labute approximate surface area is 273 Å². The number of nitrogens with one attached hydrogen (secondary N) is 4. The van der Waals surface area contributed by atoms with Gasteiger partial charge in [0.2, 0.25) is 17.7 Å². The van der Waals surface area contributed by atoms with E-state index in [1.54, 1.807) is 5.01 Å². The molecule has 0 bridgehead atoms. The van der Waals surface area contributed by atoms with Crippen molar-refractivity contribution in [1.29, 1.82) is 0 Å². The zero-order valence-electron chi connectivity index (χ0n) is 28.5. The molecule has 2 unspecified atom stereocenters. The van der Waals surface area contributed by atoms with Crippen LogP contribution < -0.4 is 26.1 Å². The Balaban J connectivity index is 2.37. The third kappa shape index (κ3) is 13.6. The lowest BCUT2D eigenvalue weighted by Crippen LogP contribution is -2.59. The van der Waals surface area contributed by atoms with E-state index in [9.17, 15) is 24.3 Å². The minimum absolute atomic E-state index is 0.0491. The van der Waals surface area contributed by atoms with Crippen molar-refractivity contribution in [3.05, 3.63) is 65.7 Å². The van der Waals surface area contributed by atoms with E-state index in [0.717, 1.165) is 16.9 Å². The SMILES string of the molecule is CC(=O)N[C@H](C(=O)NC(Cc1ccccc1)C(O)CN(Cc1ccc(OCC(C)C)cc1)NC(=O)[C@@H](NC(C)=O)C(C)C)C(C)C. The molecular weight excluding hydrogens is 586 g/mol. The lowest BCUT2D eigenvalue weighted by atomic mass is 9.98. The van der Waals surface area contributed by atoms with Crippen LogP contribution in [0, 0.1) is 17.8 Å². The van der Waals surface area contributed by atoms with E-state index in [2.05, 4.69) is 35.2 Å². The van der Waals surface area contributed by atoms with Gasteiger partial charge in [-0.15, -0.1) is 0 Å². The van der Waals surface area contributed by atoms with Gasteiger partial charge in [0.1, 0.15) is 17.8 Å². The number of hydrogen-bond acceptors (Lipinski definition) is 7. The van der Waals surface area contributed by atoms with Crippen molar-refractivity contribution in [2.75, 3.05) is 13.2 Å². The summed E-state index contributed by atoms with van der Waals surface area (Å²) in [6.07, 6.45) is -0.829. The monoisotopic (exact) mass is 639 g/mol. The molecule has 0 aliphatic carbocycles. The first-order valence-corrected chi connectivity index (χ1v) is 16.0. The summed E-state index contributed by atoms with van der Waals surface area (Å²) >= 11 is 0. The van der Waals surface area contributed by atoms with E-state index in [-0.39, 0.29) is 36.7 Å². The molecule has 0 spiro atoms. The van der Waals surface area contributed by atoms with E-state index >= 15 is 0 Å². The topological polar surface area (TPSA) is 149 Å². The summed E-state index contributed by atoms with van der Waals surface area (Å²) in [6.45, 7) is 15.0. The van der Waals surface area contributed by atoms with Crippen LogP contribution in [0.5, 0.6) is 5.75 Å². The Kier molecular flexibility index (Phi) is 15.7. The number of carbonyl (C=O) groups excluding carboxylic acids is 4. The van der Waals surface area contributed by atoms with Crippen molar-refractivity contribution >= 4 is 23.6 Å². The fourth-order valence-corrected chi connectivity index (χ4v) is 4.83. The van der Waals surface area contributed by atoms with E-state index in [0.29, 0.717) is 18.9 Å². The molecule has 254 valence electrons. The molecule has 0 saturated carbocycles. The maximum Gasteiger partial charge on any atom is 0.257 e. The maximum atomic E-state index is 13.4. The van der Waals surface area contributed by atoms with Crippen LogP contribution in [0.1, 0.15) is 66.5 Å². The average Bonchev–Trinajstić information content (AvgIpc) is 2.97. The summed E-state index contributed by atoms with van der Waals surface area (Å²) in [5.41, 5.74) is 4.64. The molecule has 2 aromatic rings. The van der Waals surface area contributed by atoms with Gasteiger partial charge in [-0.25, -0.2) is 5.01 Å². The number of aliphatic hydroxyl groups is 1. The Morgan fingerprint density at radius 2 is 1.28 bits per heavy atom. The van der Waals surface area contributed by atoms with Crippen molar-refractivity contribution in [1.82, 2.24) is 26.4 Å². The summed E-state index contributed by atoms with van der Waals surface area (Å²) in [6, 6.07) is 14.6. The second kappa shape index (κ2) is 18.9. The van der Waals surface area contributed by atoms with Crippen LogP contribution in [0.2, 0.25) is 0 Å². The molecule has 11 heteroatoms. The number of amides is 4. The largest absolute Gasteiger partial charge is 0.493 e. The fourth-order valence-electron chi connectivity index (χ4n) is 4.83. The number of carbonyl (C=O) groups is 4. The molecule has 0 aromatic heterocycles. The highest BCUT2D eigenvalue weighted by Crippen LogP contribution is 2.16. The second-order valence-electron chi connectivity index (χ2n) is 12.9. The zero-order valence-corrected chi connectivity index (χ0v) is 28.5. The molecule has 2 rings (SSSR count). The number of aliphatic hydroxyl groups excluding tert-OH is 1. The van der Waals surface area contributed by atoms with Crippen LogP contribution >= 0.6 is 0 Å². The first-order valence-electron chi connectivity index (χ1n) is 16.0. The molecule has 0 saturated heterocycles. The first kappa shape index (κ1) is 38.2. The number of hydrazine groups is 1. The fraction of sp³-hybridized carbons (Fsp3) is 0.543. The highest BCUT2D eigenvalue weighted by atomic mass is 16.5. The molecule has 0 fully saturated rings. The Morgan fingerprint density at radius 1 is 0.739 bits per heavy atom. The second-order valence-corrected chi connectivity index (χ2v) is 12.9. The molecule has 11 nitrogen and oxygen atoms in total. The number of rotatable bonds is 18. The zero-order chi connectivity index (χ0) is 34.4. The molecule has 0 aliphatic rings. The highest BCUT2D eigenvalue weighted by Gasteiger charge is 2.31. The predicted molar refractivity (Wildman–Crippen MR) is 178 cm³/mol. The standard InChI is InChI=1S/C35H53N5O6/c1-22(2)21-46-29-16-14-28(15-17-29)19-40(39-35(45)33(24(5)6)37-26(8)42)20-31(43)30(18-27-12-10-9-11-13-27)38-34(44)32(23(3)4)36-25(7)41/h9-17,22-24,30-33,43H,18-21H2,1-8H3,(H,36,41)(H,37,42)(H,38,44)(H,39,45)/t30?,31?,32-,33-/m0/s1. The molecule has 46 heavy (non-hydrogen) atoms. The first-order chi connectivity index (χ1) is 21.7. The number of nitrogens with zero attached hydrogens (tertiary/aromatic N) is 1. The molecule has 4 atom stereocenters. The van der Waals surface area contributed by atoms with Gasteiger partial charge in [-0.1, -0.05) is 84.0 Å². The number of benzene rings is 2. The van der Waals surface area contributed by atoms with E-state index < -0.39 is 36.0 Å². The van der Waals surface area contributed by atoms with Crippen LogP contribution in [0.25, 0.3) is 0 Å². The number of ether oxygens (including phenoxy) is 1. The third-order valence-corrected chi connectivity index (χ3v) is 7.26. The smallest absolute Gasteiger partial charge is 0.257 e. The van der Waals surface area contributed by atoms with Gasteiger partial charge in [-0.05, 0) is 47.4 Å². The normalized spacial score (nSPS) is 14.0. The van der Waals surface area contributed by atoms with Crippen LogP contribution in [0.3, 0.4) is 0 Å². The minimum atomic E-state index is -1.14. The molecular formula is C35H53N5O6. The summed E-state index contributed by atoms with van der Waals surface area (Å²) in [5, 5.41) is 21.6. The van der Waals surface area contributed by atoms with Crippen LogP contribution in [-0.4, -0.2) is 71.1 Å². The lowest BCUT2D eigenvalue weighted by molar-refractivity contribution is -0.134.